The van der Waals surface area contributed by atoms with Gasteiger partial charge in [0.25, 0.3) is 5.91 Å². The van der Waals surface area contributed by atoms with Gasteiger partial charge in [-0.15, -0.1) is 0 Å². The number of aromatic nitrogens is 1. The average Bonchev–Trinajstić information content (AvgIpc) is 2.47. The first kappa shape index (κ1) is 14.1. The molecule has 1 fully saturated rings. The summed E-state index contributed by atoms with van der Waals surface area (Å²) in [5, 5.41) is 3.75. The van der Waals surface area contributed by atoms with E-state index in [2.05, 4.69) is 22.0 Å². The van der Waals surface area contributed by atoms with Crippen molar-refractivity contribution in [3.05, 3.63) is 24.0 Å². The molecular formula is C13H20N4OS. The third kappa shape index (κ3) is 3.61. The lowest BCUT2D eigenvalue weighted by Gasteiger charge is -2.28. The van der Waals surface area contributed by atoms with Crippen LogP contribution >= 0.6 is 11.8 Å². The Hall–Kier alpha value is -1.27. The summed E-state index contributed by atoms with van der Waals surface area (Å²) < 4.78 is 0. The molecule has 2 atom stereocenters. The fourth-order valence-corrected chi connectivity index (χ4v) is 3.29. The highest BCUT2D eigenvalue weighted by molar-refractivity contribution is 7.99. The van der Waals surface area contributed by atoms with Crippen LogP contribution in [-0.4, -0.2) is 28.4 Å². The minimum Gasteiger partial charge on any atom is -0.349 e. The number of thioether (sulfide) groups is 1. The van der Waals surface area contributed by atoms with Gasteiger partial charge in [0.2, 0.25) is 0 Å². The van der Waals surface area contributed by atoms with Crippen LogP contribution in [0.25, 0.3) is 0 Å². The number of rotatable bonds is 4. The van der Waals surface area contributed by atoms with Gasteiger partial charge < -0.3 is 10.7 Å². The number of anilines is 1. The molecule has 1 aliphatic rings. The van der Waals surface area contributed by atoms with Gasteiger partial charge in [0.05, 0.1) is 17.4 Å². The molecular weight excluding hydrogens is 260 g/mol. The standard InChI is InChI=1S/C13H20N4OS/c1-19-10-4-2-3-9(7-10)16-13(18)11-5-6-15-8-12(11)17-14/h5-6,8-10,17H,2-4,7,14H2,1H3,(H,16,18). The highest BCUT2D eigenvalue weighted by atomic mass is 32.2. The zero-order valence-corrected chi connectivity index (χ0v) is 11.9. The topological polar surface area (TPSA) is 80.0 Å². The second-order valence-corrected chi connectivity index (χ2v) is 5.90. The Morgan fingerprint density at radius 1 is 1.53 bits per heavy atom. The van der Waals surface area contributed by atoms with Crippen LogP contribution in [0.5, 0.6) is 0 Å². The lowest BCUT2D eigenvalue weighted by Crippen LogP contribution is -2.39. The van der Waals surface area contributed by atoms with Crippen molar-refractivity contribution in [1.29, 1.82) is 0 Å². The summed E-state index contributed by atoms with van der Waals surface area (Å²) in [4.78, 5) is 16.2. The molecule has 5 nitrogen and oxygen atoms in total. The van der Waals surface area contributed by atoms with E-state index in [0.29, 0.717) is 16.5 Å². The minimum atomic E-state index is -0.0814. The third-order valence-electron chi connectivity index (χ3n) is 3.52. The Morgan fingerprint density at radius 2 is 2.37 bits per heavy atom. The first-order valence-corrected chi connectivity index (χ1v) is 7.77. The van der Waals surface area contributed by atoms with Crippen molar-refractivity contribution in [1.82, 2.24) is 10.3 Å². The van der Waals surface area contributed by atoms with E-state index in [1.54, 1.807) is 18.5 Å². The van der Waals surface area contributed by atoms with Gasteiger partial charge in [-0.3, -0.25) is 15.6 Å². The van der Waals surface area contributed by atoms with E-state index in [1.807, 2.05) is 11.8 Å². The number of nitrogens with two attached hydrogens (primary N) is 1. The lowest BCUT2D eigenvalue weighted by molar-refractivity contribution is 0.0929. The molecule has 104 valence electrons. The first-order chi connectivity index (χ1) is 9.24. The number of nitrogens with one attached hydrogen (secondary N) is 2. The number of carbonyl (C=O) groups is 1. The van der Waals surface area contributed by atoms with Crippen molar-refractivity contribution >= 4 is 23.4 Å². The maximum atomic E-state index is 12.2. The molecule has 0 bridgehead atoms. The van der Waals surface area contributed by atoms with Crippen LogP contribution in [0.3, 0.4) is 0 Å². The summed E-state index contributed by atoms with van der Waals surface area (Å²) in [6.45, 7) is 0. The Kier molecular flexibility index (Phi) is 5.04. The van der Waals surface area contributed by atoms with Crippen LogP contribution in [-0.2, 0) is 0 Å². The number of carbonyl (C=O) groups excluding carboxylic acids is 1. The molecule has 2 rings (SSSR count). The van der Waals surface area contributed by atoms with Gasteiger partial charge in [-0.05, 0) is 31.6 Å². The Morgan fingerprint density at radius 3 is 3.11 bits per heavy atom. The summed E-state index contributed by atoms with van der Waals surface area (Å²) in [7, 11) is 0. The zero-order chi connectivity index (χ0) is 13.7. The van der Waals surface area contributed by atoms with Gasteiger partial charge in [0, 0.05) is 17.5 Å². The minimum absolute atomic E-state index is 0.0814. The number of hydrogen-bond acceptors (Lipinski definition) is 5. The van der Waals surface area contributed by atoms with E-state index in [1.165, 1.54) is 12.8 Å². The molecule has 0 spiro atoms. The van der Waals surface area contributed by atoms with Gasteiger partial charge in [-0.1, -0.05) is 6.42 Å². The van der Waals surface area contributed by atoms with Gasteiger partial charge in [-0.25, -0.2) is 0 Å². The molecule has 1 aliphatic carbocycles. The Balaban J connectivity index is 2.00. The second-order valence-electron chi connectivity index (χ2n) is 4.76. The molecule has 1 aromatic rings. The molecule has 0 radical (unpaired) electrons. The summed E-state index contributed by atoms with van der Waals surface area (Å²) in [6, 6.07) is 1.94. The molecule has 2 unspecified atom stereocenters. The second kappa shape index (κ2) is 6.77. The molecule has 0 saturated heterocycles. The van der Waals surface area contributed by atoms with Gasteiger partial charge in [0.1, 0.15) is 0 Å². The van der Waals surface area contributed by atoms with Gasteiger partial charge >= 0.3 is 0 Å². The smallest absolute Gasteiger partial charge is 0.253 e. The maximum absolute atomic E-state index is 12.2. The van der Waals surface area contributed by atoms with E-state index < -0.39 is 0 Å². The quantitative estimate of drug-likeness (QED) is 0.578. The van der Waals surface area contributed by atoms with Crippen LogP contribution < -0.4 is 16.6 Å². The molecule has 0 aliphatic heterocycles. The molecule has 1 aromatic heterocycles. The van der Waals surface area contributed by atoms with E-state index >= 15 is 0 Å². The van der Waals surface area contributed by atoms with E-state index in [4.69, 9.17) is 5.84 Å². The molecule has 6 heteroatoms. The van der Waals surface area contributed by atoms with Crippen molar-refractivity contribution in [3.8, 4) is 0 Å². The highest BCUT2D eigenvalue weighted by Crippen LogP contribution is 2.27. The normalized spacial score (nSPS) is 22.8. The highest BCUT2D eigenvalue weighted by Gasteiger charge is 2.23. The average molecular weight is 280 g/mol. The SMILES string of the molecule is CSC1CCCC(NC(=O)c2ccncc2NN)C1. The van der Waals surface area contributed by atoms with E-state index in [9.17, 15) is 4.79 Å². The third-order valence-corrected chi connectivity index (χ3v) is 4.61. The summed E-state index contributed by atoms with van der Waals surface area (Å²) in [5.74, 6) is 5.31. The van der Waals surface area contributed by atoms with Gasteiger partial charge in [-0.2, -0.15) is 11.8 Å². The Bertz CT molecular complexity index is 440. The van der Waals surface area contributed by atoms with Crippen LogP contribution in [0.15, 0.2) is 18.5 Å². The van der Waals surface area contributed by atoms with Gasteiger partial charge in [0.15, 0.2) is 0 Å². The van der Waals surface area contributed by atoms with Crippen molar-refractivity contribution in [2.45, 2.75) is 37.0 Å². The largest absolute Gasteiger partial charge is 0.349 e. The number of hydrogen-bond donors (Lipinski definition) is 3. The number of amides is 1. The maximum Gasteiger partial charge on any atom is 0.253 e. The Labute approximate surface area is 117 Å². The van der Waals surface area contributed by atoms with Crippen LogP contribution in [0.4, 0.5) is 5.69 Å². The predicted molar refractivity (Wildman–Crippen MR) is 79.1 cm³/mol. The van der Waals surface area contributed by atoms with Crippen molar-refractivity contribution in [2.75, 3.05) is 11.7 Å². The molecule has 1 amide bonds. The molecule has 4 N–H and O–H groups in total. The van der Waals surface area contributed by atoms with E-state index in [-0.39, 0.29) is 11.9 Å². The number of hydrazine groups is 1. The molecule has 1 saturated carbocycles. The van der Waals surface area contributed by atoms with E-state index in [0.717, 1.165) is 12.8 Å². The molecule has 19 heavy (non-hydrogen) atoms. The predicted octanol–water partition coefficient (Wildman–Crippen LogP) is 1.77. The monoisotopic (exact) mass is 280 g/mol. The molecule has 1 heterocycles. The summed E-state index contributed by atoms with van der Waals surface area (Å²) in [5.41, 5.74) is 3.60. The zero-order valence-electron chi connectivity index (χ0n) is 11.1. The van der Waals surface area contributed by atoms with Crippen LogP contribution in [0.1, 0.15) is 36.0 Å². The number of nitrogen functional groups attached to an aromatic ring is 1. The van der Waals surface area contributed by atoms with Crippen LogP contribution in [0, 0.1) is 0 Å². The fourth-order valence-electron chi connectivity index (χ4n) is 2.46. The van der Waals surface area contributed by atoms with Crippen molar-refractivity contribution in [2.24, 2.45) is 5.84 Å². The first-order valence-electron chi connectivity index (χ1n) is 6.49. The number of nitrogens with zero attached hydrogens (tertiary/aromatic N) is 1. The lowest BCUT2D eigenvalue weighted by atomic mass is 9.94. The summed E-state index contributed by atoms with van der Waals surface area (Å²) in [6.07, 6.45) is 9.81. The molecule has 0 aromatic carbocycles. The van der Waals surface area contributed by atoms with Crippen molar-refractivity contribution < 1.29 is 4.79 Å². The van der Waals surface area contributed by atoms with Crippen LogP contribution in [0.2, 0.25) is 0 Å². The fraction of sp³-hybridized carbons (Fsp3) is 0.538. The van der Waals surface area contributed by atoms with Crippen molar-refractivity contribution in [3.63, 3.8) is 0 Å². The summed E-state index contributed by atoms with van der Waals surface area (Å²) >= 11 is 1.89. The number of pyridine rings is 1.